The number of anilines is 2. The lowest BCUT2D eigenvalue weighted by atomic mass is 10.1. The summed E-state index contributed by atoms with van der Waals surface area (Å²) in [6.45, 7) is 7.06. The number of hydrogen-bond acceptors (Lipinski definition) is 6. The smallest absolute Gasteiger partial charge is 0.321 e. The molecule has 0 atom stereocenters. The quantitative estimate of drug-likeness (QED) is 0.619. The van der Waals surface area contributed by atoms with Gasteiger partial charge >= 0.3 is 6.03 Å². The van der Waals surface area contributed by atoms with Gasteiger partial charge in [-0.1, -0.05) is 29.8 Å². The minimum Gasteiger partial charge on any atom is -0.497 e. The monoisotopic (exact) mass is 451 g/mol. The van der Waals surface area contributed by atoms with E-state index in [1.54, 1.807) is 7.11 Å². The number of nitrogens with zero attached hydrogens (tertiary/aromatic N) is 4. The maximum absolute atomic E-state index is 12.8. The standard InChI is InChI=1S/C24H29N5O2S/c1-17-8-9-21(18(2)14-17)25-23(30)28-10-5-11-29(13-12-28)24-26-22(27-32-24)16-19-6-4-7-20(15-19)31-3/h4,6-9,14-15H,5,10-13,16H2,1-3H3,(H,25,30). The lowest BCUT2D eigenvalue weighted by molar-refractivity contribution is 0.215. The van der Waals surface area contributed by atoms with Crippen molar-refractivity contribution in [1.29, 1.82) is 0 Å². The highest BCUT2D eigenvalue weighted by molar-refractivity contribution is 7.09. The van der Waals surface area contributed by atoms with Crippen molar-refractivity contribution in [2.45, 2.75) is 26.7 Å². The molecule has 0 spiro atoms. The summed E-state index contributed by atoms with van der Waals surface area (Å²) < 4.78 is 9.86. The first-order valence-electron chi connectivity index (χ1n) is 10.9. The van der Waals surface area contributed by atoms with Crippen LogP contribution in [0.3, 0.4) is 0 Å². The van der Waals surface area contributed by atoms with Gasteiger partial charge in [0.05, 0.1) is 7.11 Å². The first kappa shape index (κ1) is 22.1. The average molecular weight is 452 g/mol. The van der Waals surface area contributed by atoms with Gasteiger partial charge in [-0.3, -0.25) is 0 Å². The van der Waals surface area contributed by atoms with Crippen molar-refractivity contribution >= 4 is 28.4 Å². The van der Waals surface area contributed by atoms with Crippen LogP contribution in [0.25, 0.3) is 0 Å². The topological polar surface area (TPSA) is 70.6 Å². The van der Waals surface area contributed by atoms with Gasteiger partial charge in [-0.25, -0.2) is 9.78 Å². The highest BCUT2D eigenvalue weighted by Crippen LogP contribution is 2.22. The minimum atomic E-state index is -0.0465. The normalized spacial score (nSPS) is 14.2. The van der Waals surface area contributed by atoms with E-state index in [4.69, 9.17) is 9.72 Å². The number of ether oxygens (including phenoxy) is 1. The number of carbonyl (C=O) groups excluding carboxylic acids is 1. The van der Waals surface area contributed by atoms with Gasteiger partial charge in [0, 0.05) is 49.8 Å². The molecule has 0 bridgehead atoms. The van der Waals surface area contributed by atoms with Crippen molar-refractivity contribution in [3.63, 3.8) is 0 Å². The number of rotatable bonds is 5. The fourth-order valence-corrected chi connectivity index (χ4v) is 4.61. The Labute approximate surface area is 193 Å². The molecule has 2 amide bonds. The molecule has 2 aromatic carbocycles. The van der Waals surface area contributed by atoms with E-state index < -0.39 is 0 Å². The molecule has 0 aliphatic carbocycles. The number of carbonyl (C=O) groups is 1. The highest BCUT2D eigenvalue weighted by atomic mass is 32.1. The van der Waals surface area contributed by atoms with Crippen molar-refractivity contribution in [2.24, 2.45) is 0 Å². The van der Waals surface area contributed by atoms with Crippen LogP contribution >= 0.6 is 11.5 Å². The number of aryl methyl sites for hydroxylation is 2. The third-order valence-electron chi connectivity index (χ3n) is 5.63. The van der Waals surface area contributed by atoms with E-state index in [1.807, 2.05) is 42.2 Å². The van der Waals surface area contributed by atoms with Gasteiger partial charge in [0.15, 0.2) is 0 Å². The van der Waals surface area contributed by atoms with Gasteiger partial charge in [0.1, 0.15) is 11.6 Å². The Morgan fingerprint density at radius 1 is 1.12 bits per heavy atom. The van der Waals surface area contributed by atoms with Gasteiger partial charge in [0.25, 0.3) is 0 Å². The van der Waals surface area contributed by atoms with Gasteiger partial charge in [-0.05, 0) is 49.6 Å². The van der Waals surface area contributed by atoms with Crippen LogP contribution in [0.5, 0.6) is 5.75 Å². The molecule has 2 heterocycles. The second-order valence-electron chi connectivity index (χ2n) is 8.10. The summed E-state index contributed by atoms with van der Waals surface area (Å²) in [5, 5.41) is 3.98. The summed E-state index contributed by atoms with van der Waals surface area (Å²) >= 11 is 1.42. The van der Waals surface area contributed by atoms with Crippen LogP contribution in [0.15, 0.2) is 42.5 Å². The lowest BCUT2D eigenvalue weighted by Gasteiger charge is -2.22. The molecule has 4 rings (SSSR count). The van der Waals surface area contributed by atoms with Crippen LogP contribution in [0.2, 0.25) is 0 Å². The van der Waals surface area contributed by atoms with Crippen molar-refractivity contribution in [3.8, 4) is 5.75 Å². The minimum absolute atomic E-state index is 0.0465. The molecule has 7 nitrogen and oxygen atoms in total. The summed E-state index contributed by atoms with van der Waals surface area (Å²) in [6.07, 6.45) is 1.57. The zero-order chi connectivity index (χ0) is 22.5. The lowest BCUT2D eigenvalue weighted by Crippen LogP contribution is -2.38. The van der Waals surface area contributed by atoms with Crippen molar-refractivity contribution < 1.29 is 9.53 Å². The fourth-order valence-electron chi connectivity index (χ4n) is 3.87. The summed E-state index contributed by atoms with van der Waals surface area (Å²) in [6, 6.07) is 14.0. The molecule has 0 saturated carbocycles. The summed E-state index contributed by atoms with van der Waals surface area (Å²) in [5.41, 5.74) is 4.26. The second-order valence-corrected chi connectivity index (χ2v) is 8.83. The number of amides is 2. The van der Waals surface area contributed by atoms with Crippen LogP contribution in [0.4, 0.5) is 15.6 Å². The van der Waals surface area contributed by atoms with E-state index >= 15 is 0 Å². The van der Waals surface area contributed by atoms with Crippen LogP contribution in [-0.4, -0.2) is 53.6 Å². The van der Waals surface area contributed by atoms with Crippen molar-refractivity contribution in [2.75, 3.05) is 43.5 Å². The maximum atomic E-state index is 12.8. The predicted molar refractivity (Wildman–Crippen MR) is 129 cm³/mol. The number of urea groups is 1. The molecular weight excluding hydrogens is 422 g/mol. The van der Waals surface area contributed by atoms with Gasteiger partial charge in [-0.15, -0.1) is 0 Å². The zero-order valence-electron chi connectivity index (χ0n) is 18.8. The molecule has 1 saturated heterocycles. The number of aromatic nitrogens is 2. The number of benzene rings is 2. The summed E-state index contributed by atoms with van der Waals surface area (Å²) in [7, 11) is 1.67. The van der Waals surface area contributed by atoms with E-state index in [1.165, 1.54) is 17.1 Å². The third kappa shape index (κ3) is 5.37. The maximum Gasteiger partial charge on any atom is 0.321 e. The van der Waals surface area contributed by atoms with Crippen LogP contribution in [-0.2, 0) is 6.42 Å². The van der Waals surface area contributed by atoms with Crippen LogP contribution in [0, 0.1) is 13.8 Å². The SMILES string of the molecule is COc1cccc(Cc2nsc(N3CCCN(C(=O)Nc4ccc(C)cc4C)CC3)n2)c1. The average Bonchev–Trinajstić information content (AvgIpc) is 3.10. The first-order valence-corrected chi connectivity index (χ1v) is 11.6. The number of hydrogen-bond donors (Lipinski definition) is 1. The predicted octanol–water partition coefficient (Wildman–Crippen LogP) is 4.50. The van der Waals surface area contributed by atoms with Gasteiger partial charge in [0.2, 0.25) is 5.13 Å². The third-order valence-corrected chi connectivity index (χ3v) is 6.45. The van der Waals surface area contributed by atoms with Crippen molar-refractivity contribution in [1.82, 2.24) is 14.3 Å². The molecule has 3 aromatic rings. The molecule has 1 fully saturated rings. The van der Waals surface area contributed by atoms with E-state index in [2.05, 4.69) is 33.6 Å². The van der Waals surface area contributed by atoms with E-state index in [-0.39, 0.29) is 6.03 Å². The van der Waals surface area contributed by atoms with Crippen LogP contribution in [0.1, 0.15) is 28.9 Å². The highest BCUT2D eigenvalue weighted by Gasteiger charge is 2.22. The Bertz CT molecular complexity index is 1080. The van der Waals surface area contributed by atoms with E-state index in [0.717, 1.165) is 59.6 Å². The molecule has 0 unspecified atom stereocenters. The Morgan fingerprint density at radius 3 is 2.81 bits per heavy atom. The zero-order valence-corrected chi connectivity index (χ0v) is 19.6. The Balaban J connectivity index is 1.35. The second kappa shape index (κ2) is 9.99. The molecule has 8 heteroatoms. The molecular formula is C24H29N5O2S. The molecule has 32 heavy (non-hydrogen) atoms. The molecule has 0 radical (unpaired) electrons. The first-order chi connectivity index (χ1) is 15.5. The largest absolute Gasteiger partial charge is 0.497 e. The fraction of sp³-hybridized carbons (Fsp3) is 0.375. The molecule has 1 N–H and O–H groups in total. The summed E-state index contributed by atoms with van der Waals surface area (Å²) in [5.74, 6) is 1.65. The van der Waals surface area contributed by atoms with Gasteiger partial charge in [-0.2, -0.15) is 4.37 Å². The summed E-state index contributed by atoms with van der Waals surface area (Å²) in [4.78, 5) is 21.7. The van der Waals surface area contributed by atoms with E-state index in [9.17, 15) is 4.79 Å². The molecule has 1 aliphatic rings. The Morgan fingerprint density at radius 2 is 2.00 bits per heavy atom. The van der Waals surface area contributed by atoms with Gasteiger partial charge < -0.3 is 19.9 Å². The van der Waals surface area contributed by atoms with E-state index in [0.29, 0.717) is 13.0 Å². The number of nitrogens with one attached hydrogen (secondary N) is 1. The molecule has 168 valence electrons. The Kier molecular flexibility index (Phi) is 6.90. The molecule has 1 aromatic heterocycles. The van der Waals surface area contributed by atoms with Crippen molar-refractivity contribution in [3.05, 3.63) is 65.0 Å². The Hall–Kier alpha value is -3.13. The molecule has 1 aliphatic heterocycles. The number of methoxy groups -OCH3 is 1. The van der Waals surface area contributed by atoms with Crippen LogP contribution < -0.4 is 15.0 Å².